The first kappa shape index (κ1) is 15.9. The maximum absolute atomic E-state index is 12.7. The van der Waals surface area contributed by atoms with Crippen LogP contribution >= 0.6 is 11.6 Å². The van der Waals surface area contributed by atoms with E-state index in [2.05, 4.69) is 4.98 Å². The zero-order valence-electron chi connectivity index (χ0n) is 13.4. The fourth-order valence-corrected chi connectivity index (χ4v) is 3.55. The molecule has 0 bridgehead atoms. The zero-order chi connectivity index (χ0) is 17.4. The Morgan fingerprint density at radius 2 is 2.04 bits per heavy atom. The number of amides is 1. The lowest BCUT2D eigenvalue weighted by Gasteiger charge is -2.33. The summed E-state index contributed by atoms with van der Waals surface area (Å²) in [5.74, 6) is -0.466. The van der Waals surface area contributed by atoms with Gasteiger partial charge in [-0.25, -0.2) is 4.79 Å². The standard InChI is InChI=1S/C18H16ClN3O3/c19-13-3-4-16-15(10-13)22(18(24)25-16)14-2-1-9-21(11-14)17(23)12-5-7-20-8-6-12/h3-8,10,14H,1-2,9,11H2. The van der Waals surface area contributed by atoms with Gasteiger partial charge >= 0.3 is 5.76 Å². The van der Waals surface area contributed by atoms with Gasteiger partial charge in [0.15, 0.2) is 5.58 Å². The summed E-state index contributed by atoms with van der Waals surface area (Å²) in [5.41, 5.74) is 1.77. The molecule has 128 valence electrons. The molecule has 1 aliphatic rings. The molecule has 7 heteroatoms. The summed E-state index contributed by atoms with van der Waals surface area (Å²) in [6.07, 6.45) is 4.83. The molecule has 3 heterocycles. The molecule has 1 aromatic carbocycles. The SMILES string of the molecule is O=C(c1ccncc1)N1CCCC(n2c(=O)oc3ccc(Cl)cc32)C1. The van der Waals surface area contributed by atoms with E-state index in [-0.39, 0.29) is 11.9 Å². The van der Waals surface area contributed by atoms with Crippen LogP contribution in [0.4, 0.5) is 0 Å². The predicted molar refractivity (Wildman–Crippen MR) is 93.9 cm³/mol. The molecule has 25 heavy (non-hydrogen) atoms. The van der Waals surface area contributed by atoms with Crippen LogP contribution in [0.15, 0.2) is 51.9 Å². The highest BCUT2D eigenvalue weighted by Crippen LogP contribution is 2.27. The van der Waals surface area contributed by atoms with Crippen molar-refractivity contribution in [2.75, 3.05) is 13.1 Å². The largest absolute Gasteiger partial charge is 0.420 e. The minimum atomic E-state index is -0.416. The Morgan fingerprint density at radius 3 is 2.84 bits per heavy atom. The molecule has 4 rings (SSSR count). The lowest BCUT2D eigenvalue weighted by molar-refractivity contribution is 0.0677. The van der Waals surface area contributed by atoms with Crippen molar-refractivity contribution in [3.05, 3.63) is 63.9 Å². The summed E-state index contributed by atoms with van der Waals surface area (Å²) in [4.78, 5) is 30.7. The molecule has 0 spiro atoms. The van der Waals surface area contributed by atoms with Crippen molar-refractivity contribution in [2.45, 2.75) is 18.9 Å². The predicted octanol–water partition coefficient (Wildman–Crippen LogP) is 3.12. The molecule has 0 saturated carbocycles. The van der Waals surface area contributed by atoms with Crippen molar-refractivity contribution in [1.29, 1.82) is 0 Å². The van der Waals surface area contributed by atoms with E-state index < -0.39 is 5.76 Å². The van der Waals surface area contributed by atoms with E-state index in [1.165, 1.54) is 0 Å². The minimum absolute atomic E-state index is 0.0500. The Bertz CT molecular complexity index is 980. The number of halogens is 1. The average Bonchev–Trinajstić information content (AvgIpc) is 2.97. The van der Waals surface area contributed by atoms with Gasteiger partial charge in [0.1, 0.15) is 0 Å². The van der Waals surface area contributed by atoms with Gasteiger partial charge in [-0.2, -0.15) is 0 Å². The zero-order valence-corrected chi connectivity index (χ0v) is 14.1. The summed E-state index contributed by atoms with van der Waals surface area (Å²) in [7, 11) is 0. The molecule has 1 unspecified atom stereocenters. The van der Waals surface area contributed by atoms with Gasteiger partial charge in [-0.05, 0) is 43.2 Å². The summed E-state index contributed by atoms with van der Waals surface area (Å²) in [6.45, 7) is 1.13. The van der Waals surface area contributed by atoms with Gasteiger partial charge in [0, 0.05) is 36.1 Å². The molecule has 2 aromatic heterocycles. The van der Waals surface area contributed by atoms with Gasteiger partial charge < -0.3 is 9.32 Å². The van der Waals surface area contributed by atoms with Gasteiger partial charge in [-0.1, -0.05) is 11.6 Å². The van der Waals surface area contributed by atoms with Crippen molar-refractivity contribution in [3.63, 3.8) is 0 Å². The second-order valence-corrected chi connectivity index (χ2v) is 6.57. The number of hydrogen-bond acceptors (Lipinski definition) is 4. The van der Waals surface area contributed by atoms with Crippen LogP contribution in [-0.4, -0.2) is 33.4 Å². The Labute approximate surface area is 148 Å². The highest BCUT2D eigenvalue weighted by atomic mass is 35.5. The van der Waals surface area contributed by atoms with Crippen molar-refractivity contribution in [2.24, 2.45) is 0 Å². The number of piperidine rings is 1. The van der Waals surface area contributed by atoms with E-state index in [1.54, 1.807) is 52.2 Å². The molecule has 0 aliphatic carbocycles. The molecule has 1 atom stereocenters. The number of nitrogens with zero attached hydrogens (tertiary/aromatic N) is 3. The van der Waals surface area contributed by atoms with E-state index in [9.17, 15) is 9.59 Å². The fraction of sp³-hybridized carbons (Fsp3) is 0.278. The lowest BCUT2D eigenvalue weighted by Crippen LogP contribution is -2.42. The first-order valence-electron chi connectivity index (χ1n) is 8.13. The normalized spacial score (nSPS) is 17.8. The smallest absolute Gasteiger partial charge is 0.408 e. The molecule has 0 radical (unpaired) electrons. The van der Waals surface area contributed by atoms with Crippen LogP contribution < -0.4 is 5.76 Å². The maximum Gasteiger partial charge on any atom is 0.420 e. The summed E-state index contributed by atoms with van der Waals surface area (Å²) in [6, 6.07) is 8.38. The van der Waals surface area contributed by atoms with Crippen LogP contribution in [0, 0.1) is 0 Å². The van der Waals surface area contributed by atoms with Crippen LogP contribution in [0.5, 0.6) is 0 Å². The number of carbonyl (C=O) groups is 1. The second-order valence-electron chi connectivity index (χ2n) is 6.13. The molecule has 1 saturated heterocycles. The van der Waals surface area contributed by atoms with Gasteiger partial charge in [-0.15, -0.1) is 0 Å². The molecule has 1 amide bonds. The number of oxazole rings is 1. The van der Waals surface area contributed by atoms with Crippen LogP contribution in [0.3, 0.4) is 0 Å². The lowest BCUT2D eigenvalue weighted by atomic mass is 10.0. The van der Waals surface area contributed by atoms with E-state index in [1.807, 2.05) is 0 Å². The molecule has 6 nitrogen and oxygen atoms in total. The van der Waals surface area contributed by atoms with Crippen molar-refractivity contribution >= 4 is 28.6 Å². The van der Waals surface area contributed by atoms with Crippen molar-refractivity contribution in [1.82, 2.24) is 14.5 Å². The van der Waals surface area contributed by atoms with Crippen LogP contribution in [0.1, 0.15) is 29.2 Å². The third-order valence-electron chi connectivity index (χ3n) is 4.55. The quantitative estimate of drug-likeness (QED) is 0.706. The maximum atomic E-state index is 12.7. The molecule has 3 aromatic rings. The van der Waals surface area contributed by atoms with E-state index >= 15 is 0 Å². The van der Waals surface area contributed by atoms with Gasteiger partial charge in [-0.3, -0.25) is 14.3 Å². The topological polar surface area (TPSA) is 68.3 Å². The van der Waals surface area contributed by atoms with Gasteiger partial charge in [0.2, 0.25) is 0 Å². The molecular weight excluding hydrogens is 342 g/mol. The summed E-state index contributed by atoms with van der Waals surface area (Å²) >= 11 is 6.07. The van der Waals surface area contributed by atoms with Crippen LogP contribution in [0.25, 0.3) is 11.1 Å². The van der Waals surface area contributed by atoms with E-state index in [0.29, 0.717) is 34.8 Å². The second kappa shape index (κ2) is 6.37. The first-order valence-corrected chi connectivity index (χ1v) is 8.51. The van der Waals surface area contributed by atoms with E-state index in [4.69, 9.17) is 16.0 Å². The molecule has 1 fully saturated rings. The fourth-order valence-electron chi connectivity index (χ4n) is 3.38. The van der Waals surface area contributed by atoms with Crippen molar-refractivity contribution in [3.8, 4) is 0 Å². The number of hydrogen-bond donors (Lipinski definition) is 0. The highest BCUT2D eigenvalue weighted by Gasteiger charge is 2.28. The van der Waals surface area contributed by atoms with Gasteiger partial charge in [0.25, 0.3) is 5.91 Å². The molecule has 1 aliphatic heterocycles. The Balaban J connectivity index is 1.66. The van der Waals surface area contributed by atoms with Crippen LogP contribution in [-0.2, 0) is 0 Å². The summed E-state index contributed by atoms with van der Waals surface area (Å²) in [5, 5.41) is 0.544. The minimum Gasteiger partial charge on any atom is -0.408 e. The van der Waals surface area contributed by atoms with Crippen molar-refractivity contribution < 1.29 is 9.21 Å². The number of fused-ring (bicyclic) bond motifs is 1. The third kappa shape index (κ3) is 2.93. The monoisotopic (exact) mass is 357 g/mol. The number of carbonyl (C=O) groups excluding carboxylic acids is 1. The number of rotatable bonds is 2. The third-order valence-corrected chi connectivity index (χ3v) is 4.79. The molecule has 0 N–H and O–H groups in total. The molecular formula is C18H16ClN3O3. The number of likely N-dealkylation sites (tertiary alicyclic amines) is 1. The first-order chi connectivity index (χ1) is 12.1. The Kier molecular flexibility index (Phi) is 4.05. The summed E-state index contributed by atoms with van der Waals surface area (Å²) < 4.78 is 6.94. The van der Waals surface area contributed by atoms with Crippen LogP contribution in [0.2, 0.25) is 5.02 Å². The average molecular weight is 358 g/mol. The number of aromatic nitrogens is 2. The van der Waals surface area contributed by atoms with Gasteiger partial charge in [0.05, 0.1) is 11.6 Å². The Morgan fingerprint density at radius 1 is 1.24 bits per heavy atom. The number of benzene rings is 1. The Hall–Kier alpha value is -2.60. The highest BCUT2D eigenvalue weighted by molar-refractivity contribution is 6.31. The number of pyridine rings is 1. The van der Waals surface area contributed by atoms with E-state index in [0.717, 1.165) is 12.8 Å².